The second-order valence-corrected chi connectivity index (χ2v) is 5.61. The van der Waals surface area contributed by atoms with Crippen LogP contribution >= 0.6 is 11.6 Å². The Labute approximate surface area is 146 Å². The number of esters is 1. The summed E-state index contributed by atoms with van der Waals surface area (Å²) < 4.78 is 21.3. The van der Waals surface area contributed by atoms with Crippen molar-refractivity contribution in [2.45, 2.75) is 13.8 Å². The highest BCUT2D eigenvalue weighted by molar-refractivity contribution is 6.30. The topological polar surface area (TPSA) is 54.0 Å². The molecule has 6 heteroatoms. The number of carbonyl (C=O) groups excluding carboxylic acids is 1. The van der Waals surface area contributed by atoms with Crippen molar-refractivity contribution >= 4 is 17.6 Å². The van der Waals surface area contributed by atoms with Crippen LogP contribution in [0.3, 0.4) is 0 Å². The van der Waals surface area contributed by atoms with E-state index in [2.05, 4.69) is 0 Å². The molecule has 0 saturated carbocycles. The Morgan fingerprint density at radius 1 is 0.833 bits per heavy atom. The van der Waals surface area contributed by atoms with Gasteiger partial charge in [0.15, 0.2) is 11.5 Å². The summed E-state index contributed by atoms with van der Waals surface area (Å²) in [5, 5.41) is 0.595. The monoisotopic (exact) mass is 350 g/mol. The molecule has 0 unspecified atom stereocenters. The van der Waals surface area contributed by atoms with E-state index in [0.29, 0.717) is 33.6 Å². The van der Waals surface area contributed by atoms with E-state index in [-0.39, 0.29) is 0 Å². The smallest absolute Gasteiger partial charge is 0.343 e. The molecule has 0 aromatic heterocycles. The van der Waals surface area contributed by atoms with Crippen molar-refractivity contribution in [3.05, 3.63) is 46.0 Å². The van der Waals surface area contributed by atoms with Gasteiger partial charge in [-0.3, -0.25) is 0 Å². The Hall–Kier alpha value is -2.40. The molecule has 24 heavy (non-hydrogen) atoms. The van der Waals surface area contributed by atoms with Crippen LogP contribution in [-0.4, -0.2) is 27.3 Å². The van der Waals surface area contributed by atoms with Gasteiger partial charge in [-0.25, -0.2) is 4.79 Å². The predicted molar refractivity (Wildman–Crippen MR) is 92.0 cm³/mol. The van der Waals surface area contributed by atoms with Crippen molar-refractivity contribution in [3.8, 4) is 23.0 Å². The van der Waals surface area contributed by atoms with Crippen molar-refractivity contribution in [3.63, 3.8) is 0 Å². The number of aryl methyl sites for hydroxylation is 2. The van der Waals surface area contributed by atoms with Crippen molar-refractivity contribution in [1.82, 2.24) is 0 Å². The van der Waals surface area contributed by atoms with E-state index < -0.39 is 5.97 Å². The number of methoxy groups -OCH3 is 3. The Morgan fingerprint density at radius 3 is 1.75 bits per heavy atom. The van der Waals surface area contributed by atoms with E-state index in [0.717, 1.165) is 11.1 Å². The van der Waals surface area contributed by atoms with Crippen LogP contribution < -0.4 is 18.9 Å². The minimum atomic E-state index is -0.525. The number of rotatable bonds is 5. The molecule has 0 atom stereocenters. The standard InChI is InChI=1S/C18H19ClO5/c1-10-6-13(19)7-11(2)16(10)24-18(20)12-8-14(21-3)17(23-5)15(9-12)22-4/h6-9H,1-5H3. The second kappa shape index (κ2) is 7.45. The largest absolute Gasteiger partial charge is 0.493 e. The summed E-state index contributed by atoms with van der Waals surface area (Å²) in [6, 6.07) is 6.58. The molecule has 0 aliphatic rings. The molecule has 0 saturated heterocycles. The predicted octanol–water partition coefficient (Wildman–Crippen LogP) is 4.20. The summed E-state index contributed by atoms with van der Waals surface area (Å²) in [5.74, 6) is 1.14. The van der Waals surface area contributed by atoms with Gasteiger partial charge in [0.05, 0.1) is 26.9 Å². The van der Waals surface area contributed by atoms with Gasteiger partial charge in [-0.1, -0.05) is 11.6 Å². The molecule has 0 N–H and O–H groups in total. The van der Waals surface area contributed by atoms with Crippen LogP contribution in [0.2, 0.25) is 5.02 Å². The molecule has 2 rings (SSSR count). The summed E-state index contributed by atoms with van der Waals surface area (Å²) in [4.78, 5) is 12.5. The zero-order chi connectivity index (χ0) is 17.9. The lowest BCUT2D eigenvalue weighted by Gasteiger charge is -2.15. The maximum Gasteiger partial charge on any atom is 0.343 e. The Bertz CT molecular complexity index is 722. The molecule has 0 radical (unpaired) electrons. The van der Waals surface area contributed by atoms with Crippen molar-refractivity contribution in [2.75, 3.05) is 21.3 Å². The molecule has 128 valence electrons. The first-order chi connectivity index (χ1) is 11.4. The van der Waals surface area contributed by atoms with E-state index in [1.807, 2.05) is 13.8 Å². The normalized spacial score (nSPS) is 10.2. The number of hydrogen-bond donors (Lipinski definition) is 0. The highest BCUT2D eigenvalue weighted by Gasteiger charge is 2.19. The van der Waals surface area contributed by atoms with Gasteiger partial charge >= 0.3 is 5.97 Å². The Morgan fingerprint density at radius 2 is 1.33 bits per heavy atom. The van der Waals surface area contributed by atoms with Gasteiger partial charge in [-0.2, -0.15) is 0 Å². The lowest BCUT2D eigenvalue weighted by Crippen LogP contribution is -2.11. The summed E-state index contributed by atoms with van der Waals surface area (Å²) in [6.07, 6.45) is 0. The van der Waals surface area contributed by atoms with Gasteiger partial charge in [0, 0.05) is 5.02 Å². The van der Waals surface area contributed by atoms with Gasteiger partial charge in [-0.05, 0) is 49.2 Å². The maximum absolute atomic E-state index is 12.5. The SMILES string of the molecule is COc1cc(C(=O)Oc2c(C)cc(Cl)cc2C)cc(OC)c1OC. The summed E-state index contributed by atoms with van der Waals surface area (Å²) in [5.41, 5.74) is 1.85. The molecular weight excluding hydrogens is 332 g/mol. The lowest BCUT2D eigenvalue weighted by molar-refractivity contribution is 0.0731. The first-order valence-electron chi connectivity index (χ1n) is 7.20. The molecule has 0 aliphatic carbocycles. The van der Waals surface area contributed by atoms with Crippen LogP contribution in [0.4, 0.5) is 0 Å². The number of ether oxygens (including phenoxy) is 4. The van der Waals surface area contributed by atoms with Crippen molar-refractivity contribution in [1.29, 1.82) is 0 Å². The fourth-order valence-electron chi connectivity index (χ4n) is 2.41. The highest BCUT2D eigenvalue weighted by atomic mass is 35.5. The quantitative estimate of drug-likeness (QED) is 0.597. The van der Waals surface area contributed by atoms with Crippen molar-refractivity contribution < 1.29 is 23.7 Å². The Kier molecular flexibility index (Phi) is 5.57. The average molecular weight is 351 g/mol. The van der Waals surface area contributed by atoms with Crippen molar-refractivity contribution in [2.24, 2.45) is 0 Å². The molecule has 0 heterocycles. The number of halogens is 1. The number of carbonyl (C=O) groups is 1. The summed E-state index contributed by atoms with van der Waals surface area (Å²) in [7, 11) is 4.47. The molecule has 2 aromatic rings. The molecule has 0 aliphatic heterocycles. The van der Waals surface area contributed by atoms with Gasteiger partial charge in [0.25, 0.3) is 0 Å². The molecule has 0 bridgehead atoms. The fourth-order valence-corrected chi connectivity index (χ4v) is 2.74. The van der Waals surface area contributed by atoms with E-state index >= 15 is 0 Å². The van der Waals surface area contributed by atoms with Gasteiger partial charge in [0.2, 0.25) is 5.75 Å². The first-order valence-corrected chi connectivity index (χ1v) is 7.58. The molecule has 0 spiro atoms. The van der Waals surface area contributed by atoms with Crippen LogP contribution in [0, 0.1) is 13.8 Å². The van der Waals surface area contributed by atoms with E-state index in [9.17, 15) is 4.79 Å². The van der Waals surface area contributed by atoms with Gasteiger partial charge in [0.1, 0.15) is 5.75 Å². The van der Waals surface area contributed by atoms with Crippen LogP contribution in [0.5, 0.6) is 23.0 Å². The van der Waals surface area contributed by atoms with Crippen LogP contribution in [0.15, 0.2) is 24.3 Å². The molecule has 2 aromatic carbocycles. The van der Waals surface area contributed by atoms with Crippen LogP contribution in [0.1, 0.15) is 21.5 Å². The third-order valence-corrected chi connectivity index (χ3v) is 3.74. The van der Waals surface area contributed by atoms with Crippen LogP contribution in [0.25, 0.3) is 0 Å². The second-order valence-electron chi connectivity index (χ2n) is 5.17. The fraction of sp³-hybridized carbons (Fsp3) is 0.278. The van der Waals surface area contributed by atoms with Gasteiger partial charge in [-0.15, -0.1) is 0 Å². The zero-order valence-electron chi connectivity index (χ0n) is 14.2. The maximum atomic E-state index is 12.5. The zero-order valence-corrected chi connectivity index (χ0v) is 15.0. The minimum absolute atomic E-state index is 0.290. The minimum Gasteiger partial charge on any atom is -0.493 e. The number of benzene rings is 2. The van der Waals surface area contributed by atoms with Gasteiger partial charge < -0.3 is 18.9 Å². The molecular formula is C18H19ClO5. The molecule has 0 fully saturated rings. The van der Waals surface area contributed by atoms with Crippen LogP contribution in [-0.2, 0) is 0 Å². The Balaban J connectivity index is 2.40. The highest BCUT2D eigenvalue weighted by Crippen LogP contribution is 2.38. The van der Waals surface area contributed by atoms with E-state index in [1.54, 1.807) is 24.3 Å². The molecule has 0 amide bonds. The first kappa shape index (κ1) is 17.9. The number of hydrogen-bond acceptors (Lipinski definition) is 5. The molecule has 5 nitrogen and oxygen atoms in total. The van der Waals surface area contributed by atoms with E-state index in [4.69, 9.17) is 30.5 Å². The third-order valence-electron chi connectivity index (χ3n) is 3.52. The average Bonchev–Trinajstić information content (AvgIpc) is 2.56. The lowest BCUT2D eigenvalue weighted by atomic mass is 10.1. The summed E-state index contributed by atoms with van der Waals surface area (Å²) >= 11 is 6.00. The third kappa shape index (κ3) is 3.57. The van der Waals surface area contributed by atoms with E-state index in [1.165, 1.54) is 21.3 Å². The summed E-state index contributed by atoms with van der Waals surface area (Å²) in [6.45, 7) is 3.66.